The minimum atomic E-state index is -4.32. The molecule has 0 saturated heterocycles. The zero-order chi connectivity index (χ0) is 15.0. The van der Waals surface area contributed by atoms with Crippen molar-refractivity contribution in [2.45, 2.75) is 13.1 Å². The molecular weight excluding hydrogens is 275 g/mol. The van der Waals surface area contributed by atoms with Gasteiger partial charge in [-0.15, -0.1) is 0 Å². The number of carbonyl (C=O) groups excluding carboxylic acids is 1. The van der Waals surface area contributed by atoms with Crippen LogP contribution in [-0.4, -0.2) is 43.4 Å². The summed E-state index contributed by atoms with van der Waals surface area (Å²) < 4.78 is 39.9. The van der Waals surface area contributed by atoms with Crippen molar-refractivity contribution in [2.24, 2.45) is 0 Å². The first-order valence-corrected chi connectivity index (χ1v) is 6.05. The van der Waals surface area contributed by atoms with Crippen molar-refractivity contribution in [3.8, 4) is 0 Å². The zero-order valence-corrected chi connectivity index (χ0v) is 11.0. The van der Waals surface area contributed by atoms with E-state index in [9.17, 15) is 18.0 Å². The van der Waals surface area contributed by atoms with Crippen molar-refractivity contribution in [1.82, 2.24) is 10.3 Å². The summed E-state index contributed by atoms with van der Waals surface area (Å²) in [5.41, 5.74) is 0.838. The Hall–Kier alpha value is -1.83. The van der Waals surface area contributed by atoms with Crippen molar-refractivity contribution in [2.75, 3.05) is 31.6 Å². The van der Waals surface area contributed by atoms with Gasteiger partial charge in [0.15, 0.2) is 0 Å². The van der Waals surface area contributed by atoms with Gasteiger partial charge in [-0.25, -0.2) is 0 Å². The van der Waals surface area contributed by atoms with Gasteiger partial charge in [0.25, 0.3) is 5.91 Å². The third kappa shape index (κ3) is 6.37. The van der Waals surface area contributed by atoms with Crippen LogP contribution in [0.2, 0.25) is 0 Å². The molecule has 1 amide bonds. The molecule has 20 heavy (non-hydrogen) atoms. The van der Waals surface area contributed by atoms with Gasteiger partial charge in [-0.2, -0.15) is 13.2 Å². The van der Waals surface area contributed by atoms with Crippen LogP contribution in [0.3, 0.4) is 0 Å². The highest BCUT2D eigenvalue weighted by Crippen LogP contribution is 2.14. The van der Waals surface area contributed by atoms with Gasteiger partial charge in [-0.1, -0.05) is 0 Å². The molecule has 0 saturated carbocycles. The standard InChI is InChI=1S/C12H16F3N3O2/c1-2-16-11(19)10-7-9(3-4-18-10)17-5-6-20-8-12(13,14)15/h3-4,7H,2,5-6,8H2,1H3,(H,16,19)(H,17,18). The van der Waals surface area contributed by atoms with Crippen molar-refractivity contribution < 1.29 is 22.7 Å². The number of rotatable bonds is 7. The summed E-state index contributed by atoms with van der Waals surface area (Å²) in [5, 5.41) is 5.46. The van der Waals surface area contributed by atoms with E-state index in [1.165, 1.54) is 12.3 Å². The van der Waals surface area contributed by atoms with Crippen molar-refractivity contribution >= 4 is 11.6 Å². The van der Waals surface area contributed by atoms with Crippen LogP contribution in [0.5, 0.6) is 0 Å². The second-order valence-corrected chi connectivity index (χ2v) is 3.88. The van der Waals surface area contributed by atoms with Crippen molar-refractivity contribution in [3.63, 3.8) is 0 Å². The minimum absolute atomic E-state index is 0.0850. The maximum atomic E-state index is 11.8. The van der Waals surface area contributed by atoms with E-state index in [4.69, 9.17) is 0 Å². The van der Waals surface area contributed by atoms with E-state index in [1.807, 2.05) is 0 Å². The quantitative estimate of drug-likeness (QED) is 0.752. The number of pyridine rings is 1. The molecule has 1 aromatic rings. The predicted octanol–water partition coefficient (Wildman–Crippen LogP) is 1.82. The lowest BCUT2D eigenvalue weighted by atomic mass is 10.3. The van der Waals surface area contributed by atoms with E-state index in [2.05, 4.69) is 20.4 Å². The van der Waals surface area contributed by atoms with E-state index in [0.717, 1.165) is 0 Å². The predicted molar refractivity (Wildman–Crippen MR) is 67.6 cm³/mol. The molecule has 1 rings (SSSR count). The van der Waals surface area contributed by atoms with Crippen LogP contribution >= 0.6 is 0 Å². The normalized spacial score (nSPS) is 11.2. The fourth-order valence-electron chi connectivity index (χ4n) is 1.37. The number of alkyl halides is 3. The van der Waals surface area contributed by atoms with Crippen LogP contribution in [0, 0.1) is 0 Å². The Morgan fingerprint density at radius 2 is 2.20 bits per heavy atom. The molecule has 0 unspecified atom stereocenters. The van der Waals surface area contributed by atoms with E-state index < -0.39 is 12.8 Å². The third-order valence-corrected chi connectivity index (χ3v) is 2.17. The lowest BCUT2D eigenvalue weighted by molar-refractivity contribution is -0.172. The van der Waals surface area contributed by atoms with E-state index >= 15 is 0 Å². The van der Waals surface area contributed by atoms with Gasteiger partial charge in [0.2, 0.25) is 0 Å². The van der Waals surface area contributed by atoms with Gasteiger partial charge in [-0.05, 0) is 19.1 Å². The van der Waals surface area contributed by atoms with Gasteiger partial charge >= 0.3 is 6.18 Å². The summed E-state index contributed by atoms with van der Waals surface area (Å²) in [4.78, 5) is 15.4. The van der Waals surface area contributed by atoms with Crippen LogP contribution in [-0.2, 0) is 4.74 Å². The molecule has 5 nitrogen and oxygen atoms in total. The Kier molecular flexibility index (Phi) is 6.23. The average Bonchev–Trinajstić information content (AvgIpc) is 2.37. The molecule has 0 bridgehead atoms. The monoisotopic (exact) mass is 291 g/mol. The van der Waals surface area contributed by atoms with Crippen LogP contribution < -0.4 is 10.6 Å². The Bertz CT molecular complexity index is 438. The summed E-state index contributed by atoms with van der Waals surface area (Å²) in [6.45, 7) is 1.13. The highest BCUT2D eigenvalue weighted by molar-refractivity contribution is 5.93. The van der Waals surface area contributed by atoms with Crippen LogP contribution in [0.25, 0.3) is 0 Å². The molecule has 1 aromatic heterocycles. The van der Waals surface area contributed by atoms with Crippen LogP contribution in [0.1, 0.15) is 17.4 Å². The van der Waals surface area contributed by atoms with Crippen molar-refractivity contribution in [3.05, 3.63) is 24.0 Å². The molecule has 0 fully saturated rings. The number of carbonyl (C=O) groups is 1. The zero-order valence-electron chi connectivity index (χ0n) is 11.0. The number of nitrogens with zero attached hydrogens (tertiary/aromatic N) is 1. The van der Waals surface area contributed by atoms with Gasteiger partial charge in [-0.3, -0.25) is 9.78 Å². The van der Waals surface area contributed by atoms with E-state index in [1.54, 1.807) is 13.0 Å². The first kappa shape index (κ1) is 16.2. The number of ether oxygens (including phenoxy) is 1. The van der Waals surface area contributed by atoms with Gasteiger partial charge in [0.1, 0.15) is 12.3 Å². The molecule has 0 radical (unpaired) electrons. The summed E-state index contributed by atoms with van der Waals surface area (Å²) in [6, 6.07) is 3.14. The van der Waals surface area contributed by atoms with Gasteiger partial charge in [0, 0.05) is 25.0 Å². The minimum Gasteiger partial charge on any atom is -0.383 e. The molecule has 0 spiro atoms. The second kappa shape index (κ2) is 7.68. The van der Waals surface area contributed by atoms with E-state index in [0.29, 0.717) is 12.2 Å². The fourth-order valence-corrected chi connectivity index (χ4v) is 1.37. The SMILES string of the molecule is CCNC(=O)c1cc(NCCOCC(F)(F)F)ccn1. The molecule has 8 heteroatoms. The molecule has 0 aromatic carbocycles. The lowest BCUT2D eigenvalue weighted by Gasteiger charge is -2.10. The molecule has 1 heterocycles. The highest BCUT2D eigenvalue weighted by atomic mass is 19.4. The number of hydrogen-bond acceptors (Lipinski definition) is 4. The molecule has 0 aliphatic rings. The number of halogens is 3. The number of amides is 1. The first-order valence-electron chi connectivity index (χ1n) is 6.05. The second-order valence-electron chi connectivity index (χ2n) is 3.88. The molecular formula is C12H16F3N3O2. The summed E-state index contributed by atoms with van der Waals surface area (Å²) in [7, 11) is 0. The van der Waals surface area contributed by atoms with Crippen molar-refractivity contribution in [1.29, 1.82) is 0 Å². The Morgan fingerprint density at radius 3 is 2.85 bits per heavy atom. The summed E-state index contributed by atoms with van der Waals surface area (Å²) >= 11 is 0. The lowest BCUT2D eigenvalue weighted by Crippen LogP contribution is -2.24. The average molecular weight is 291 g/mol. The topological polar surface area (TPSA) is 63.2 Å². The first-order chi connectivity index (χ1) is 9.42. The summed E-state index contributed by atoms with van der Waals surface area (Å²) in [5.74, 6) is -0.301. The van der Waals surface area contributed by atoms with Gasteiger partial charge in [0.05, 0.1) is 6.61 Å². The molecule has 0 aliphatic heterocycles. The molecule has 0 aliphatic carbocycles. The number of nitrogens with one attached hydrogen (secondary N) is 2. The Labute approximate surface area is 114 Å². The fraction of sp³-hybridized carbons (Fsp3) is 0.500. The largest absolute Gasteiger partial charge is 0.411 e. The number of hydrogen-bond donors (Lipinski definition) is 2. The molecule has 0 atom stereocenters. The Balaban J connectivity index is 2.37. The number of anilines is 1. The van der Waals surface area contributed by atoms with E-state index in [-0.39, 0.29) is 24.8 Å². The Morgan fingerprint density at radius 1 is 1.45 bits per heavy atom. The highest BCUT2D eigenvalue weighted by Gasteiger charge is 2.27. The van der Waals surface area contributed by atoms with Crippen LogP contribution in [0.4, 0.5) is 18.9 Å². The third-order valence-electron chi connectivity index (χ3n) is 2.17. The molecule has 112 valence electrons. The maximum absolute atomic E-state index is 11.8. The number of aromatic nitrogens is 1. The summed E-state index contributed by atoms with van der Waals surface area (Å²) in [6.07, 6.45) is -2.87. The maximum Gasteiger partial charge on any atom is 0.411 e. The smallest absolute Gasteiger partial charge is 0.383 e. The van der Waals surface area contributed by atoms with Crippen LogP contribution in [0.15, 0.2) is 18.3 Å². The van der Waals surface area contributed by atoms with Gasteiger partial charge < -0.3 is 15.4 Å². The molecule has 2 N–H and O–H groups in total.